The standard InChI is InChI=1S/C48H34N2/c1-33(45-31-46(36-18-6-3-7-19-36)50-47(49-45)37-29-27-35(28-30-37)34-16-4-2-5-17-34)15-14-20-38-32-48(42-24-11-8-21-39(38)42)43-25-12-9-22-40(43)41-23-10-13-26-44(41)48/h2-31H,1,32H2/b15-14-,38-20+. The maximum Gasteiger partial charge on any atom is 0.160 e. The highest BCUT2D eigenvalue weighted by molar-refractivity contribution is 5.91. The van der Waals surface area contributed by atoms with E-state index in [2.05, 4.69) is 158 Å². The van der Waals surface area contributed by atoms with Crippen molar-refractivity contribution in [1.82, 2.24) is 9.97 Å². The molecular weight excluding hydrogens is 605 g/mol. The van der Waals surface area contributed by atoms with E-state index in [4.69, 9.17) is 9.97 Å². The summed E-state index contributed by atoms with van der Waals surface area (Å²) in [6.07, 6.45) is 7.40. The summed E-state index contributed by atoms with van der Waals surface area (Å²) in [4.78, 5) is 10.1. The van der Waals surface area contributed by atoms with Crippen molar-refractivity contribution in [3.05, 3.63) is 217 Å². The Bertz CT molecular complexity index is 2410. The molecule has 7 aromatic rings. The Labute approximate surface area is 293 Å². The summed E-state index contributed by atoms with van der Waals surface area (Å²) in [6, 6.07) is 58.0. The molecule has 0 amide bonds. The van der Waals surface area contributed by atoms with Gasteiger partial charge in [0.25, 0.3) is 0 Å². The molecule has 9 rings (SSSR count). The zero-order valence-electron chi connectivity index (χ0n) is 27.6. The van der Waals surface area contributed by atoms with Gasteiger partial charge in [0.05, 0.1) is 16.8 Å². The fourth-order valence-corrected chi connectivity index (χ4v) is 7.87. The maximum atomic E-state index is 5.04. The molecule has 1 aromatic heterocycles. The first-order valence-electron chi connectivity index (χ1n) is 17.2. The third-order valence-electron chi connectivity index (χ3n) is 10.2. The second-order valence-corrected chi connectivity index (χ2v) is 13.1. The van der Waals surface area contributed by atoms with Gasteiger partial charge in [-0.25, -0.2) is 9.97 Å². The monoisotopic (exact) mass is 638 g/mol. The topological polar surface area (TPSA) is 25.8 Å². The van der Waals surface area contributed by atoms with E-state index in [0.29, 0.717) is 5.82 Å². The summed E-state index contributed by atoms with van der Waals surface area (Å²) >= 11 is 0. The van der Waals surface area contributed by atoms with E-state index in [9.17, 15) is 0 Å². The molecular formula is C48H34N2. The maximum absolute atomic E-state index is 5.04. The van der Waals surface area contributed by atoms with E-state index in [0.717, 1.165) is 40.1 Å². The van der Waals surface area contributed by atoms with Crippen molar-refractivity contribution in [2.75, 3.05) is 0 Å². The first-order valence-corrected chi connectivity index (χ1v) is 17.2. The zero-order valence-corrected chi connectivity index (χ0v) is 27.6. The van der Waals surface area contributed by atoms with Crippen molar-refractivity contribution in [3.63, 3.8) is 0 Å². The second kappa shape index (κ2) is 12.3. The Balaban J connectivity index is 1.07. The van der Waals surface area contributed by atoms with Crippen LogP contribution in [0, 0.1) is 0 Å². The SMILES string of the molecule is C=C(/C=C\C=C1/CC2(c3ccccc31)c1ccccc1-c1ccccc12)c1cc(-c2ccccc2)nc(-c2ccc(-c3ccccc3)cc2)n1. The van der Waals surface area contributed by atoms with Crippen LogP contribution in [0.5, 0.6) is 0 Å². The number of rotatable bonds is 6. The lowest BCUT2D eigenvalue weighted by molar-refractivity contribution is 0.681. The highest BCUT2D eigenvalue weighted by Gasteiger charge is 2.49. The van der Waals surface area contributed by atoms with Crippen molar-refractivity contribution >= 4 is 11.1 Å². The van der Waals surface area contributed by atoms with Crippen LogP contribution in [0.25, 0.3) is 56.0 Å². The van der Waals surface area contributed by atoms with E-state index in [1.807, 2.05) is 30.3 Å². The highest BCUT2D eigenvalue weighted by atomic mass is 14.9. The molecule has 2 heteroatoms. The van der Waals surface area contributed by atoms with Gasteiger partial charge in [-0.3, -0.25) is 0 Å². The summed E-state index contributed by atoms with van der Waals surface area (Å²) in [5.41, 5.74) is 16.1. The van der Waals surface area contributed by atoms with Crippen LogP contribution in [0.15, 0.2) is 189 Å². The van der Waals surface area contributed by atoms with Crippen molar-refractivity contribution in [1.29, 1.82) is 0 Å². The highest BCUT2D eigenvalue weighted by Crippen LogP contribution is 2.60. The van der Waals surface area contributed by atoms with E-state index < -0.39 is 0 Å². The molecule has 0 aliphatic heterocycles. The molecule has 2 nitrogen and oxygen atoms in total. The third kappa shape index (κ3) is 4.96. The van der Waals surface area contributed by atoms with Gasteiger partial charge in [-0.05, 0) is 68.1 Å². The average Bonchev–Trinajstić information content (AvgIpc) is 3.68. The van der Waals surface area contributed by atoms with E-state index in [1.165, 1.54) is 44.5 Å². The average molecular weight is 639 g/mol. The minimum absolute atomic E-state index is 0.192. The second-order valence-electron chi connectivity index (χ2n) is 13.1. The van der Waals surface area contributed by atoms with Crippen molar-refractivity contribution in [2.45, 2.75) is 11.8 Å². The van der Waals surface area contributed by atoms with Crippen LogP contribution in [0.2, 0.25) is 0 Å². The van der Waals surface area contributed by atoms with Crippen LogP contribution in [0.3, 0.4) is 0 Å². The Morgan fingerprint density at radius 2 is 1.02 bits per heavy atom. The van der Waals surface area contributed by atoms with Crippen LogP contribution < -0.4 is 0 Å². The molecule has 6 aromatic carbocycles. The molecule has 0 N–H and O–H groups in total. The van der Waals surface area contributed by atoms with Crippen molar-refractivity contribution in [3.8, 4) is 44.9 Å². The molecule has 0 atom stereocenters. The Hall–Kier alpha value is -6.38. The largest absolute Gasteiger partial charge is 0.228 e. The molecule has 2 aliphatic rings. The lowest BCUT2D eigenvalue weighted by atomic mass is 9.73. The lowest BCUT2D eigenvalue weighted by Gasteiger charge is -2.28. The fourth-order valence-electron chi connectivity index (χ4n) is 7.87. The lowest BCUT2D eigenvalue weighted by Crippen LogP contribution is -2.23. The van der Waals surface area contributed by atoms with Crippen LogP contribution >= 0.6 is 0 Å². The van der Waals surface area contributed by atoms with Crippen LogP contribution in [-0.2, 0) is 5.41 Å². The number of benzene rings is 6. The molecule has 50 heavy (non-hydrogen) atoms. The van der Waals surface area contributed by atoms with Gasteiger partial charge < -0.3 is 0 Å². The van der Waals surface area contributed by atoms with Gasteiger partial charge in [-0.15, -0.1) is 0 Å². The Morgan fingerprint density at radius 1 is 0.520 bits per heavy atom. The predicted molar refractivity (Wildman–Crippen MR) is 207 cm³/mol. The smallest absolute Gasteiger partial charge is 0.160 e. The van der Waals surface area contributed by atoms with Crippen LogP contribution in [0.1, 0.15) is 34.4 Å². The summed E-state index contributed by atoms with van der Waals surface area (Å²) in [5, 5.41) is 0. The minimum atomic E-state index is -0.192. The molecule has 0 fully saturated rings. The van der Waals surface area contributed by atoms with Gasteiger partial charge in [0.15, 0.2) is 5.82 Å². The molecule has 236 valence electrons. The van der Waals surface area contributed by atoms with Crippen molar-refractivity contribution < 1.29 is 0 Å². The minimum Gasteiger partial charge on any atom is -0.228 e. The molecule has 0 unspecified atom stereocenters. The van der Waals surface area contributed by atoms with Crippen LogP contribution in [-0.4, -0.2) is 9.97 Å². The van der Waals surface area contributed by atoms with Gasteiger partial charge in [0, 0.05) is 11.1 Å². The summed E-state index contributed by atoms with van der Waals surface area (Å²) in [5.74, 6) is 0.680. The van der Waals surface area contributed by atoms with E-state index in [1.54, 1.807) is 0 Å². The summed E-state index contributed by atoms with van der Waals surface area (Å²) < 4.78 is 0. The van der Waals surface area contributed by atoms with Crippen molar-refractivity contribution in [2.24, 2.45) is 0 Å². The van der Waals surface area contributed by atoms with Gasteiger partial charge in [-0.1, -0.05) is 183 Å². The first kappa shape index (κ1) is 29.7. The molecule has 1 spiro atoms. The van der Waals surface area contributed by atoms with E-state index in [-0.39, 0.29) is 5.41 Å². The number of hydrogen-bond donors (Lipinski definition) is 0. The number of nitrogens with zero attached hydrogens (tertiary/aromatic N) is 2. The Morgan fingerprint density at radius 3 is 1.66 bits per heavy atom. The van der Waals surface area contributed by atoms with Crippen LogP contribution in [0.4, 0.5) is 0 Å². The molecule has 0 saturated heterocycles. The number of aromatic nitrogens is 2. The normalized spacial score (nSPS) is 14.5. The fraction of sp³-hybridized carbons (Fsp3) is 0.0417. The first-order chi connectivity index (χ1) is 24.7. The van der Waals surface area contributed by atoms with E-state index >= 15 is 0 Å². The molecule has 0 bridgehead atoms. The number of hydrogen-bond acceptors (Lipinski definition) is 2. The quantitative estimate of drug-likeness (QED) is 0.169. The summed E-state index contributed by atoms with van der Waals surface area (Å²) in [6.45, 7) is 4.48. The molecule has 1 heterocycles. The van der Waals surface area contributed by atoms with Gasteiger partial charge in [0.2, 0.25) is 0 Å². The van der Waals surface area contributed by atoms with Gasteiger partial charge in [-0.2, -0.15) is 0 Å². The van der Waals surface area contributed by atoms with Gasteiger partial charge in [0.1, 0.15) is 0 Å². The number of allylic oxidation sites excluding steroid dienone is 5. The zero-order chi connectivity index (χ0) is 33.5. The summed E-state index contributed by atoms with van der Waals surface area (Å²) in [7, 11) is 0. The Kier molecular flexibility index (Phi) is 7.29. The number of fused-ring (bicyclic) bond motifs is 7. The third-order valence-corrected chi connectivity index (χ3v) is 10.2. The van der Waals surface area contributed by atoms with Gasteiger partial charge >= 0.3 is 0 Å². The molecule has 0 saturated carbocycles. The molecule has 0 radical (unpaired) electrons. The molecule has 2 aliphatic carbocycles. The predicted octanol–water partition coefficient (Wildman–Crippen LogP) is 11.8.